The largest absolute Gasteiger partial charge is 0.481 e. The molecule has 212 valence electrons. The number of aryl methyl sites for hydroxylation is 1. The zero-order valence-electron chi connectivity index (χ0n) is 21.8. The fourth-order valence-electron chi connectivity index (χ4n) is 4.46. The highest BCUT2D eigenvalue weighted by Gasteiger charge is 2.41. The van der Waals surface area contributed by atoms with E-state index in [-0.39, 0.29) is 11.7 Å². The van der Waals surface area contributed by atoms with Gasteiger partial charge in [0, 0.05) is 50.1 Å². The smallest absolute Gasteiger partial charge is 0.336 e. The van der Waals surface area contributed by atoms with Gasteiger partial charge in [-0.25, -0.2) is 13.9 Å². The van der Waals surface area contributed by atoms with Crippen LogP contribution in [0.5, 0.6) is 0 Å². The maximum absolute atomic E-state index is 14.4. The van der Waals surface area contributed by atoms with Crippen LogP contribution in [0.25, 0.3) is 6.20 Å². The van der Waals surface area contributed by atoms with Crippen molar-refractivity contribution >= 4 is 30.0 Å². The van der Waals surface area contributed by atoms with Crippen molar-refractivity contribution in [3.63, 3.8) is 0 Å². The van der Waals surface area contributed by atoms with Crippen LogP contribution in [0.1, 0.15) is 49.4 Å². The van der Waals surface area contributed by atoms with Crippen molar-refractivity contribution in [2.75, 3.05) is 13.1 Å². The van der Waals surface area contributed by atoms with Crippen LogP contribution in [0.15, 0.2) is 37.0 Å². The summed E-state index contributed by atoms with van der Waals surface area (Å²) in [5.74, 6) is -5.42. The van der Waals surface area contributed by atoms with Gasteiger partial charge in [-0.05, 0) is 25.8 Å². The Labute approximate surface area is 224 Å². The number of rotatable bonds is 10. The van der Waals surface area contributed by atoms with E-state index < -0.39 is 41.9 Å². The number of carboxylic acids is 3. The number of carbonyl (C=O) groups is 4. The SMILES string of the molecule is C=Cn1cc(CN2CCC(NC(C)=O)(c3ccccc3F)CC2)c(C)n1.O=C(O)CC(O)(CC(=O)O)C(=O)O. The van der Waals surface area contributed by atoms with Crippen LogP contribution in [-0.2, 0) is 31.3 Å². The molecule has 12 nitrogen and oxygen atoms in total. The highest BCUT2D eigenvalue weighted by molar-refractivity contribution is 5.88. The fraction of sp³-hybridized carbons (Fsp3) is 0.423. The second-order valence-corrected chi connectivity index (χ2v) is 9.40. The monoisotopic (exact) mass is 548 g/mol. The molecule has 13 heteroatoms. The van der Waals surface area contributed by atoms with Gasteiger partial charge in [0.05, 0.1) is 24.1 Å². The maximum atomic E-state index is 14.4. The van der Waals surface area contributed by atoms with Gasteiger partial charge in [-0.1, -0.05) is 24.8 Å². The Morgan fingerprint density at radius 1 is 1.13 bits per heavy atom. The molecule has 39 heavy (non-hydrogen) atoms. The number of nitrogens with zero attached hydrogens (tertiary/aromatic N) is 3. The van der Waals surface area contributed by atoms with Crippen molar-refractivity contribution in [3.05, 3.63) is 59.7 Å². The van der Waals surface area contributed by atoms with E-state index in [0.717, 1.165) is 30.9 Å². The van der Waals surface area contributed by atoms with Gasteiger partial charge in [0.25, 0.3) is 0 Å². The zero-order chi connectivity index (χ0) is 29.4. The van der Waals surface area contributed by atoms with Crippen molar-refractivity contribution < 1.29 is 44.0 Å². The van der Waals surface area contributed by atoms with E-state index in [1.54, 1.807) is 23.0 Å². The first-order valence-electron chi connectivity index (χ1n) is 12.0. The molecule has 5 N–H and O–H groups in total. The van der Waals surface area contributed by atoms with Crippen molar-refractivity contribution in [1.82, 2.24) is 20.0 Å². The standard InChI is InChI=1S/C20H25FN4O.C6H8O7/c1-4-25-14-17(15(2)23-25)13-24-11-9-20(10-12-24,22-16(3)26)18-7-5-6-8-19(18)21;7-3(8)1-6(13,5(11)12)2-4(9)10/h4-8,14H,1,9-13H2,2-3H3,(H,22,26);13H,1-2H2,(H,7,8)(H,9,10)(H,11,12). The first kappa shape index (κ1) is 31.1. The van der Waals surface area contributed by atoms with Gasteiger partial charge in [0.2, 0.25) is 5.91 Å². The topological polar surface area (TPSA) is 182 Å². The van der Waals surface area contributed by atoms with Gasteiger partial charge in [-0.15, -0.1) is 0 Å². The molecule has 0 unspecified atom stereocenters. The lowest BCUT2D eigenvalue weighted by Gasteiger charge is -2.42. The summed E-state index contributed by atoms with van der Waals surface area (Å²) in [7, 11) is 0. The van der Waals surface area contributed by atoms with Crippen LogP contribution in [-0.4, -0.2) is 77.6 Å². The van der Waals surface area contributed by atoms with Crippen LogP contribution < -0.4 is 5.32 Å². The lowest BCUT2D eigenvalue weighted by Crippen LogP contribution is -2.52. The van der Waals surface area contributed by atoms with E-state index >= 15 is 0 Å². The van der Waals surface area contributed by atoms with E-state index in [4.69, 9.17) is 20.4 Å². The summed E-state index contributed by atoms with van der Waals surface area (Å²) in [6, 6.07) is 6.73. The van der Waals surface area contributed by atoms with Crippen LogP contribution in [0.2, 0.25) is 0 Å². The molecule has 0 bridgehead atoms. The minimum atomic E-state index is -2.74. The number of carbonyl (C=O) groups excluding carboxylic acids is 1. The predicted molar refractivity (Wildman–Crippen MR) is 137 cm³/mol. The second kappa shape index (κ2) is 13.1. The molecule has 0 radical (unpaired) electrons. The fourth-order valence-corrected chi connectivity index (χ4v) is 4.46. The molecule has 1 saturated heterocycles. The number of carboxylic acid groups (broad SMARTS) is 3. The molecule has 0 saturated carbocycles. The molecule has 1 aliphatic heterocycles. The molecule has 1 amide bonds. The Hall–Kier alpha value is -4.10. The second-order valence-electron chi connectivity index (χ2n) is 9.40. The average molecular weight is 549 g/mol. The molecular formula is C26H33FN4O8. The van der Waals surface area contributed by atoms with Gasteiger partial charge in [0.1, 0.15) is 5.82 Å². The summed E-state index contributed by atoms with van der Waals surface area (Å²) in [5.41, 5.74) is -0.669. The first-order valence-corrected chi connectivity index (χ1v) is 12.0. The van der Waals surface area contributed by atoms with E-state index in [9.17, 15) is 23.6 Å². The Kier molecular flexibility index (Phi) is 10.5. The van der Waals surface area contributed by atoms with Crippen LogP contribution in [0.4, 0.5) is 4.39 Å². The van der Waals surface area contributed by atoms with Crippen LogP contribution in [0, 0.1) is 12.7 Å². The lowest BCUT2D eigenvalue weighted by molar-refractivity contribution is -0.170. The number of aromatic nitrogens is 2. The van der Waals surface area contributed by atoms with Gasteiger partial charge < -0.3 is 25.7 Å². The molecular weight excluding hydrogens is 515 g/mol. The number of amides is 1. The molecule has 1 fully saturated rings. The summed E-state index contributed by atoms with van der Waals surface area (Å²) in [6.45, 7) is 9.53. The van der Waals surface area contributed by atoms with Gasteiger partial charge in [-0.2, -0.15) is 5.10 Å². The zero-order valence-corrected chi connectivity index (χ0v) is 21.8. The Morgan fingerprint density at radius 2 is 1.69 bits per heavy atom. The first-order chi connectivity index (χ1) is 18.2. The van der Waals surface area contributed by atoms with E-state index in [0.29, 0.717) is 18.4 Å². The Morgan fingerprint density at radius 3 is 2.13 bits per heavy atom. The third kappa shape index (κ3) is 8.45. The molecule has 1 aromatic heterocycles. The van der Waals surface area contributed by atoms with E-state index in [1.165, 1.54) is 13.0 Å². The molecule has 2 heterocycles. The number of aliphatic carboxylic acids is 3. The van der Waals surface area contributed by atoms with Crippen molar-refractivity contribution in [2.45, 2.75) is 57.2 Å². The number of hydrogen-bond acceptors (Lipinski definition) is 7. The lowest BCUT2D eigenvalue weighted by atomic mass is 9.80. The summed E-state index contributed by atoms with van der Waals surface area (Å²) >= 11 is 0. The minimum absolute atomic E-state index is 0.134. The molecule has 1 aromatic carbocycles. The number of aliphatic hydroxyl groups is 1. The highest BCUT2D eigenvalue weighted by atomic mass is 19.1. The third-order valence-electron chi connectivity index (χ3n) is 6.40. The molecule has 0 atom stereocenters. The molecule has 3 rings (SSSR count). The third-order valence-corrected chi connectivity index (χ3v) is 6.40. The molecule has 0 aliphatic carbocycles. The van der Waals surface area contributed by atoms with Crippen molar-refractivity contribution in [3.8, 4) is 0 Å². The number of nitrogens with one attached hydrogen (secondary N) is 1. The molecule has 1 aliphatic rings. The normalized spacial score (nSPS) is 15.0. The Balaban J connectivity index is 0.000000349. The summed E-state index contributed by atoms with van der Waals surface area (Å²) in [4.78, 5) is 44.6. The predicted octanol–water partition coefficient (Wildman–Crippen LogP) is 1.81. The number of benzene rings is 1. The minimum Gasteiger partial charge on any atom is -0.481 e. The Bertz CT molecular complexity index is 1200. The van der Waals surface area contributed by atoms with Gasteiger partial charge >= 0.3 is 17.9 Å². The molecule has 0 spiro atoms. The molecule has 2 aromatic rings. The summed E-state index contributed by atoms with van der Waals surface area (Å²) < 4.78 is 16.1. The maximum Gasteiger partial charge on any atom is 0.336 e. The van der Waals surface area contributed by atoms with Gasteiger partial charge in [-0.3, -0.25) is 19.3 Å². The highest BCUT2D eigenvalue weighted by Crippen LogP contribution is 2.35. The number of hydrogen-bond donors (Lipinski definition) is 5. The summed E-state index contributed by atoms with van der Waals surface area (Å²) in [5, 5.41) is 41.2. The average Bonchev–Trinajstić information content (AvgIpc) is 3.19. The number of piperidine rings is 1. The van der Waals surface area contributed by atoms with Crippen LogP contribution in [0.3, 0.4) is 0 Å². The van der Waals surface area contributed by atoms with Crippen molar-refractivity contribution in [1.29, 1.82) is 0 Å². The van der Waals surface area contributed by atoms with Gasteiger partial charge in [0.15, 0.2) is 5.60 Å². The number of likely N-dealkylation sites (tertiary alicyclic amines) is 1. The number of halogens is 1. The van der Waals surface area contributed by atoms with Crippen molar-refractivity contribution in [2.24, 2.45) is 0 Å². The summed E-state index contributed by atoms with van der Waals surface area (Å²) in [6.07, 6.45) is 2.70. The van der Waals surface area contributed by atoms with Crippen LogP contribution >= 0.6 is 0 Å². The van der Waals surface area contributed by atoms with E-state index in [1.807, 2.05) is 19.2 Å². The quantitative estimate of drug-likeness (QED) is 0.294. The van der Waals surface area contributed by atoms with E-state index in [2.05, 4.69) is 21.9 Å².